The molecule has 14 heteroatoms. The largest absolute Gasteiger partial charge is 0.330 e. The first-order valence-corrected chi connectivity index (χ1v) is 13.4. The molecule has 0 aliphatic carbocycles. The summed E-state index contributed by atoms with van der Waals surface area (Å²) in [6.07, 6.45) is 4.26. The molecule has 0 aromatic heterocycles. The molecule has 0 bridgehead atoms. The minimum absolute atomic E-state index is 0.251. The van der Waals surface area contributed by atoms with E-state index in [4.69, 9.17) is 5.73 Å². The van der Waals surface area contributed by atoms with Crippen molar-refractivity contribution in [3.8, 4) is 0 Å². The number of benzene rings is 2. The van der Waals surface area contributed by atoms with E-state index >= 15 is 0 Å². The topological polar surface area (TPSA) is 184 Å². The Morgan fingerprint density at radius 2 is 1.00 bits per heavy atom. The maximum Gasteiger partial charge on any atom is 0.269 e. The Kier molecular flexibility index (Phi) is 9.61. The summed E-state index contributed by atoms with van der Waals surface area (Å²) in [4.78, 5) is 19.5. The predicted octanol–water partition coefficient (Wildman–Crippen LogP) is 3.18. The molecule has 0 heterocycles. The Labute approximate surface area is 197 Å². The molecule has 0 saturated carbocycles. The lowest BCUT2D eigenvalue weighted by Crippen LogP contribution is -2.37. The summed E-state index contributed by atoms with van der Waals surface area (Å²) in [6.45, 7) is 0.226. The highest BCUT2D eigenvalue weighted by molar-refractivity contribution is 8.04. The molecule has 0 radical (unpaired) electrons. The van der Waals surface area contributed by atoms with Gasteiger partial charge < -0.3 is 5.73 Å². The molecule has 2 aromatic rings. The van der Waals surface area contributed by atoms with E-state index in [-0.39, 0.29) is 24.3 Å². The van der Waals surface area contributed by atoms with Crippen LogP contribution >= 0.6 is 0 Å². The molecule has 0 atom stereocenters. The fraction of sp³-hybridized carbons (Fsp3) is 0.400. The number of rotatable bonds is 14. The number of unbranched alkanes of at least 4 members (excludes halogenated alkanes) is 5. The van der Waals surface area contributed by atoms with Gasteiger partial charge >= 0.3 is 0 Å². The van der Waals surface area contributed by atoms with E-state index in [2.05, 4.69) is 0 Å². The average molecular weight is 515 g/mol. The highest BCUT2D eigenvalue weighted by Crippen LogP contribution is 2.27. The first kappa shape index (κ1) is 27.3. The zero-order valence-corrected chi connectivity index (χ0v) is 19.9. The van der Waals surface area contributed by atoms with Gasteiger partial charge in [0.2, 0.25) is 0 Å². The second-order valence-corrected chi connectivity index (χ2v) is 11.4. The summed E-state index contributed by atoms with van der Waals surface area (Å²) in [7, 11) is -9.21. The summed E-state index contributed by atoms with van der Waals surface area (Å²) in [5, 5.41) is 21.8. The quantitative estimate of drug-likeness (QED) is 0.224. The standard InChI is InChI=1S/C20H26N4O8S2/c21-15-5-3-1-2-4-6-16-22(33(29,30)19-11-7-17(8-12-19)23(25)26)34(31,32)20-13-9-18(10-14-20)24(27)28/h7-14H,1-6,15-16,21H2. The van der Waals surface area contributed by atoms with Crippen molar-refractivity contribution in [3.05, 3.63) is 68.8 Å². The van der Waals surface area contributed by atoms with Crippen molar-refractivity contribution in [3.63, 3.8) is 0 Å². The van der Waals surface area contributed by atoms with Gasteiger partial charge in [0.25, 0.3) is 31.4 Å². The van der Waals surface area contributed by atoms with Gasteiger partial charge in [0.1, 0.15) is 0 Å². The minimum atomic E-state index is -4.60. The molecule has 2 N–H and O–H groups in total. The summed E-state index contributed by atoms with van der Waals surface area (Å²) < 4.78 is 53.4. The number of nitro groups is 2. The first-order valence-electron chi connectivity index (χ1n) is 10.5. The Balaban J connectivity index is 2.36. The molecule has 0 amide bonds. The fourth-order valence-corrected chi connectivity index (χ4v) is 6.90. The molecule has 0 saturated heterocycles. The van der Waals surface area contributed by atoms with Crippen LogP contribution in [0.4, 0.5) is 11.4 Å². The molecule has 186 valence electrons. The number of nitro benzene ring substituents is 2. The Bertz CT molecular complexity index is 1110. The molecule has 12 nitrogen and oxygen atoms in total. The molecule has 2 aromatic carbocycles. The van der Waals surface area contributed by atoms with E-state index in [1.807, 2.05) is 0 Å². The third-order valence-electron chi connectivity index (χ3n) is 5.02. The summed E-state index contributed by atoms with van der Waals surface area (Å²) in [5.74, 6) is 0. The average Bonchev–Trinajstić information content (AvgIpc) is 2.80. The number of sulfonamides is 2. The lowest BCUT2D eigenvalue weighted by molar-refractivity contribution is -0.385. The van der Waals surface area contributed by atoms with Gasteiger partial charge in [-0.1, -0.05) is 29.4 Å². The molecule has 0 aliphatic heterocycles. The van der Waals surface area contributed by atoms with Crippen LogP contribution in [0.1, 0.15) is 38.5 Å². The molecule has 0 spiro atoms. The third-order valence-corrected chi connectivity index (χ3v) is 9.37. The summed E-state index contributed by atoms with van der Waals surface area (Å²) in [6, 6.07) is 7.78. The van der Waals surface area contributed by atoms with Crippen LogP contribution in [0.25, 0.3) is 0 Å². The second-order valence-electron chi connectivity index (χ2n) is 7.42. The highest BCUT2D eigenvalue weighted by Gasteiger charge is 2.36. The van der Waals surface area contributed by atoms with Gasteiger partial charge in [-0.2, -0.15) is 0 Å². The van der Waals surface area contributed by atoms with E-state index in [0.717, 1.165) is 74.2 Å². The van der Waals surface area contributed by atoms with Gasteiger partial charge in [-0.3, -0.25) is 20.2 Å². The van der Waals surface area contributed by atoms with Crippen LogP contribution in [0.15, 0.2) is 58.3 Å². The fourth-order valence-electron chi connectivity index (χ4n) is 3.18. The monoisotopic (exact) mass is 514 g/mol. The predicted molar refractivity (Wildman–Crippen MR) is 124 cm³/mol. The van der Waals surface area contributed by atoms with E-state index in [0.29, 0.717) is 16.7 Å². The second kappa shape index (κ2) is 12.0. The third kappa shape index (κ3) is 6.79. The number of hydrogen-bond donors (Lipinski definition) is 1. The van der Waals surface area contributed by atoms with Crippen LogP contribution in [0, 0.1) is 20.2 Å². The van der Waals surface area contributed by atoms with Crippen molar-refractivity contribution < 1.29 is 26.7 Å². The number of hydrogen-bond acceptors (Lipinski definition) is 9. The van der Waals surface area contributed by atoms with E-state index < -0.39 is 39.7 Å². The Morgan fingerprint density at radius 3 is 1.35 bits per heavy atom. The van der Waals surface area contributed by atoms with Crippen molar-refractivity contribution in [2.75, 3.05) is 13.1 Å². The lowest BCUT2D eigenvalue weighted by atomic mass is 10.1. The summed E-state index contributed by atoms with van der Waals surface area (Å²) >= 11 is 0. The summed E-state index contributed by atoms with van der Waals surface area (Å²) in [5.41, 5.74) is 4.76. The molecule has 0 aliphatic rings. The molecule has 34 heavy (non-hydrogen) atoms. The number of non-ortho nitro benzene ring substituents is 2. The normalized spacial score (nSPS) is 12.1. The van der Waals surface area contributed by atoms with Crippen molar-refractivity contribution in [1.29, 1.82) is 0 Å². The molecular formula is C20H26N4O8S2. The number of nitrogens with two attached hydrogens (primary N) is 1. The van der Waals surface area contributed by atoms with Crippen LogP contribution in [0.2, 0.25) is 0 Å². The van der Waals surface area contributed by atoms with Crippen molar-refractivity contribution >= 4 is 31.4 Å². The van der Waals surface area contributed by atoms with Gasteiger partial charge in [-0.05, 0) is 43.7 Å². The van der Waals surface area contributed by atoms with Crippen molar-refractivity contribution in [2.24, 2.45) is 5.73 Å². The SMILES string of the molecule is NCCCCCCCCN(S(=O)(=O)c1ccc([N+](=O)[O-])cc1)S(=O)(=O)c1ccc([N+](=O)[O-])cc1. The van der Waals surface area contributed by atoms with Crippen molar-refractivity contribution in [1.82, 2.24) is 3.71 Å². The van der Waals surface area contributed by atoms with Crippen LogP contribution in [-0.2, 0) is 20.0 Å². The molecule has 0 fully saturated rings. The van der Waals surface area contributed by atoms with E-state index in [1.54, 1.807) is 0 Å². The van der Waals surface area contributed by atoms with Crippen molar-refractivity contribution in [2.45, 2.75) is 48.3 Å². The van der Waals surface area contributed by atoms with Gasteiger partial charge in [-0.25, -0.2) is 16.8 Å². The first-order chi connectivity index (χ1) is 16.0. The smallest absolute Gasteiger partial charge is 0.269 e. The van der Waals surface area contributed by atoms with Gasteiger partial charge in [-0.15, -0.1) is 0 Å². The van der Waals surface area contributed by atoms with Crippen LogP contribution in [0.3, 0.4) is 0 Å². The van der Waals surface area contributed by atoms with Gasteiger partial charge in [0.05, 0.1) is 19.6 Å². The minimum Gasteiger partial charge on any atom is -0.330 e. The lowest BCUT2D eigenvalue weighted by Gasteiger charge is -2.22. The van der Waals surface area contributed by atoms with Crippen LogP contribution in [-0.4, -0.2) is 43.5 Å². The maximum absolute atomic E-state index is 13.3. The van der Waals surface area contributed by atoms with Crippen LogP contribution < -0.4 is 5.73 Å². The highest BCUT2D eigenvalue weighted by atomic mass is 32.3. The number of nitrogens with zero attached hydrogens (tertiary/aromatic N) is 3. The zero-order chi connectivity index (χ0) is 25.4. The van der Waals surface area contributed by atoms with Gasteiger partial charge in [0, 0.05) is 30.8 Å². The maximum atomic E-state index is 13.3. The van der Waals surface area contributed by atoms with Crippen LogP contribution in [0.5, 0.6) is 0 Å². The van der Waals surface area contributed by atoms with Gasteiger partial charge in [0.15, 0.2) is 0 Å². The Hall–Kier alpha value is -2.94. The molecule has 0 unspecified atom stereocenters. The van der Waals surface area contributed by atoms with E-state index in [9.17, 15) is 37.1 Å². The molecule has 2 rings (SSSR count). The molecular weight excluding hydrogens is 488 g/mol. The Morgan fingerprint density at radius 1 is 0.647 bits per heavy atom. The zero-order valence-electron chi connectivity index (χ0n) is 18.3. The van der Waals surface area contributed by atoms with E-state index in [1.165, 1.54) is 0 Å².